The van der Waals surface area contributed by atoms with Crippen LogP contribution in [0.3, 0.4) is 0 Å². The van der Waals surface area contributed by atoms with Crippen LogP contribution in [0.25, 0.3) is 11.3 Å². The number of hydrogen-bond acceptors (Lipinski definition) is 3. The average molecular weight is 339 g/mol. The van der Waals surface area contributed by atoms with Crippen molar-refractivity contribution in [3.8, 4) is 11.3 Å². The highest BCUT2D eigenvalue weighted by Crippen LogP contribution is 2.28. The first-order chi connectivity index (χ1) is 12.2. The monoisotopic (exact) mass is 339 g/mol. The topological polar surface area (TPSA) is 56.0 Å². The molecule has 3 aromatic rings. The molecule has 1 aliphatic heterocycles. The number of aromatic nitrogens is 4. The van der Waals surface area contributed by atoms with Crippen molar-refractivity contribution < 1.29 is 9.18 Å². The van der Waals surface area contributed by atoms with Gasteiger partial charge in [0.15, 0.2) is 0 Å². The van der Waals surface area contributed by atoms with Crippen molar-refractivity contribution in [3.05, 3.63) is 54.2 Å². The Morgan fingerprint density at radius 2 is 2.08 bits per heavy atom. The molecule has 0 unspecified atom stereocenters. The van der Waals surface area contributed by atoms with Gasteiger partial charge in [-0.2, -0.15) is 5.10 Å². The number of aryl methyl sites for hydroxylation is 2. The van der Waals surface area contributed by atoms with Crippen LogP contribution in [0, 0.1) is 5.82 Å². The molecule has 3 heterocycles. The van der Waals surface area contributed by atoms with Gasteiger partial charge in [0, 0.05) is 37.6 Å². The number of carbonyl (C=O) groups is 1. The van der Waals surface area contributed by atoms with Gasteiger partial charge in [-0.05, 0) is 31.5 Å². The number of anilines is 1. The third kappa shape index (κ3) is 2.61. The van der Waals surface area contributed by atoms with Gasteiger partial charge in [-0.15, -0.1) is 0 Å². The lowest BCUT2D eigenvalue weighted by molar-refractivity contribution is 0.0970. The van der Waals surface area contributed by atoms with Crippen LogP contribution in [-0.4, -0.2) is 31.8 Å². The molecule has 0 saturated heterocycles. The Morgan fingerprint density at radius 1 is 1.24 bits per heavy atom. The van der Waals surface area contributed by atoms with E-state index in [4.69, 9.17) is 0 Å². The quantitative estimate of drug-likeness (QED) is 0.737. The minimum absolute atomic E-state index is 0.133. The van der Waals surface area contributed by atoms with Crippen molar-refractivity contribution >= 4 is 11.9 Å². The average Bonchev–Trinajstić information content (AvgIpc) is 3.27. The Bertz CT molecular complexity index is 929. The lowest BCUT2D eigenvalue weighted by Crippen LogP contribution is -2.38. The summed E-state index contributed by atoms with van der Waals surface area (Å²) < 4.78 is 17.7. The molecule has 1 aliphatic rings. The molecule has 0 atom stereocenters. The van der Waals surface area contributed by atoms with Crippen LogP contribution in [0.1, 0.15) is 23.8 Å². The normalized spacial score (nSPS) is 13.8. The summed E-state index contributed by atoms with van der Waals surface area (Å²) in [5.74, 6) is 0.101. The predicted octanol–water partition coefficient (Wildman–Crippen LogP) is 2.96. The minimum Gasteiger partial charge on any atom is -0.316 e. The zero-order valence-electron chi connectivity index (χ0n) is 13.9. The predicted molar refractivity (Wildman–Crippen MR) is 91.8 cm³/mol. The highest BCUT2D eigenvalue weighted by molar-refractivity contribution is 6.04. The van der Waals surface area contributed by atoms with Crippen molar-refractivity contribution in [2.75, 3.05) is 11.4 Å². The molecule has 4 rings (SSSR count). The summed E-state index contributed by atoms with van der Waals surface area (Å²) >= 11 is 0. The second-order valence-corrected chi connectivity index (χ2v) is 5.94. The Hall–Kier alpha value is -2.96. The summed E-state index contributed by atoms with van der Waals surface area (Å²) in [6.07, 6.45) is 4.26. The lowest BCUT2D eigenvalue weighted by Gasteiger charge is -2.27. The summed E-state index contributed by atoms with van der Waals surface area (Å²) in [4.78, 5) is 19.2. The van der Waals surface area contributed by atoms with Gasteiger partial charge >= 0.3 is 0 Å². The van der Waals surface area contributed by atoms with Crippen LogP contribution in [0.2, 0.25) is 0 Å². The van der Waals surface area contributed by atoms with E-state index in [1.54, 1.807) is 40.0 Å². The Kier molecular flexibility index (Phi) is 3.83. The molecule has 0 aliphatic carbocycles. The van der Waals surface area contributed by atoms with Crippen LogP contribution in [0.15, 0.2) is 42.7 Å². The number of nitrogens with zero attached hydrogens (tertiary/aromatic N) is 5. The second kappa shape index (κ2) is 6.16. The van der Waals surface area contributed by atoms with E-state index in [0.29, 0.717) is 36.0 Å². The van der Waals surface area contributed by atoms with Crippen LogP contribution in [0.4, 0.5) is 10.3 Å². The summed E-state index contributed by atoms with van der Waals surface area (Å²) in [7, 11) is 0. The van der Waals surface area contributed by atoms with Crippen molar-refractivity contribution in [1.29, 1.82) is 0 Å². The largest absolute Gasteiger partial charge is 0.316 e. The van der Waals surface area contributed by atoms with E-state index in [9.17, 15) is 9.18 Å². The Morgan fingerprint density at radius 3 is 2.88 bits per heavy atom. The van der Waals surface area contributed by atoms with E-state index in [1.165, 1.54) is 6.07 Å². The number of fused-ring (bicyclic) bond motifs is 1. The van der Waals surface area contributed by atoms with E-state index >= 15 is 0 Å². The zero-order chi connectivity index (χ0) is 17.4. The second-order valence-electron chi connectivity index (χ2n) is 5.94. The summed E-state index contributed by atoms with van der Waals surface area (Å²) in [6.45, 7) is 3.91. The van der Waals surface area contributed by atoms with Crippen LogP contribution in [0.5, 0.6) is 0 Å². The molecule has 0 bridgehead atoms. The fraction of sp³-hybridized carbons (Fsp3) is 0.278. The number of hydrogen-bond donors (Lipinski definition) is 0. The molecule has 7 heteroatoms. The zero-order valence-corrected chi connectivity index (χ0v) is 13.9. The molecule has 6 nitrogen and oxygen atoms in total. The third-order valence-corrected chi connectivity index (χ3v) is 4.41. The Balaban J connectivity index is 1.73. The maximum Gasteiger partial charge on any atom is 0.278 e. The van der Waals surface area contributed by atoms with E-state index in [-0.39, 0.29) is 11.7 Å². The molecule has 0 saturated carbocycles. The van der Waals surface area contributed by atoms with E-state index < -0.39 is 0 Å². The summed E-state index contributed by atoms with van der Waals surface area (Å²) in [6, 6.07) is 8.25. The van der Waals surface area contributed by atoms with Gasteiger partial charge in [0.2, 0.25) is 5.95 Å². The fourth-order valence-electron chi connectivity index (χ4n) is 3.18. The van der Waals surface area contributed by atoms with E-state index in [1.807, 2.05) is 17.7 Å². The third-order valence-electron chi connectivity index (χ3n) is 4.41. The molecule has 0 N–H and O–H groups in total. The van der Waals surface area contributed by atoms with Gasteiger partial charge in [0.1, 0.15) is 11.5 Å². The number of rotatable bonds is 3. The maximum absolute atomic E-state index is 14.1. The van der Waals surface area contributed by atoms with Gasteiger partial charge < -0.3 is 4.57 Å². The highest BCUT2D eigenvalue weighted by Gasteiger charge is 2.28. The van der Waals surface area contributed by atoms with Crippen molar-refractivity contribution in [2.45, 2.75) is 26.4 Å². The molecular formula is C18H18FN5O. The molecule has 128 valence electrons. The fourth-order valence-corrected chi connectivity index (χ4v) is 3.18. The number of halogens is 1. The molecule has 2 aromatic heterocycles. The smallest absolute Gasteiger partial charge is 0.278 e. The SMILES string of the molecule is CCn1nccc1C(=O)N1CCCn2cc(-c3ccccc3F)nc21. The number of amides is 1. The van der Waals surface area contributed by atoms with Crippen LogP contribution >= 0.6 is 0 Å². The standard InChI is InChI=1S/C18H18FN5O/c1-2-24-16(8-9-20-24)17(25)23-11-5-10-22-12-15(21-18(22)23)13-6-3-4-7-14(13)19/h3-4,6-9,12H,2,5,10-11H2,1H3. The molecule has 25 heavy (non-hydrogen) atoms. The molecule has 0 radical (unpaired) electrons. The lowest BCUT2D eigenvalue weighted by atomic mass is 10.1. The molecule has 0 spiro atoms. The van der Waals surface area contributed by atoms with E-state index in [0.717, 1.165) is 13.0 Å². The highest BCUT2D eigenvalue weighted by atomic mass is 19.1. The van der Waals surface area contributed by atoms with Gasteiger partial charge in [-0.25, -0.2) is 9.37 Å². The Labute approximate surface area is 144 Å². The van der Waals surface area contributed by atoms with Gasteiger partial charge in [0.05, 0.1) is 5.69 Å². The number of imidazole rings is 1. The molecule has 1 amide bonds. The molecule has 0 fully saturated rings. The van der Waals surface area contributed by atoms with Crippen molar-refractivity contribution in [2.24, 2.45) is 0 Å². The van der Waals surface area contributed by atoms with Gasteiger partial charge in [-0.1, -0.05) is 12.1 Å². The summed E-state index contributed by atoms with van der Waals surface area (Å²) in [5.41, 5.74) is 1.51. The first-order valence-corrected chi connectivity index (χ1v) is 8.34. The molecular weight excluding hydrogens is 321 g/mol. The van der Waals surface area contributed by atoms with Gasteiger partial charge in [-0.3, -0.25) is 14.4 Å². The number of carbonyl (C=O) groups excluding carboxylic acids is 1. The molecule has 1 aromatic carbocycles. The van der Waals surface area contributed by atoms with E-state index in [2.05, 4.69) is 10.1 Å². The van der Waals surface area contributed by atoms with Crippen molar-refractivity contribution in [1.82, 2.24) is 19.3 Å². The van der Waals surface area contributed by atoms with Crippen LogP contribution in [-0.2, 0) is 13.1 Å². The summed E-state index contributed by atoms with van der Waals surface area (Å²) in [5, 5.41) is 4.16. The van der Waals surface area contributed by atoms with Gasteiger partial charge in [0.25, 0.3) is 5.91 Å². The maximum atomic E-state index is 14.1. The van der Waals surface area contributed by atoms with Crippen molar-refractivity contribution in [3.63, 3.8) is 0 Å². The minimum atomic E-state index is -0.320. The first kappa shape index (κ1) is 15.6. The first-order valence-electron chi connectivity index (χ1n) is 8.34. The number of benzene rings is 1. The van der Waals surface area contributed by atoms with Crippen LogP contribution < -0.4 is 4.90 Å².